The fraction of sp³-hybridized carbons (Fsp3) is 0.500. The standard InChI is InChI=1S/C10H15N3O3/c1-3-4-8(9(14)16-2)12-10(15)13-6-5-11-7-13/h5-8H,3-4H2,1-2H3,(H,12,15)/t8-/m0/s1. The third kappa shape index (κ3) is 3.08. The van der Waals surface area contributed by atoms with Gasteiger partial charge in [-0.05, 0) is 6.42 Å². The summed E-state index contributed by atoms with van der Waals surface area (Å²) in [6.45, 7) is 1.93. The number of amides is 1. The van der Waals surface area contributed by atoms with E-state index in [1.165, 1.54) is 30.4 Å². The number of imidazole rings is 1. The molecule has 1 aromatic rings. The van der Waals surface area contributed by atoms with Crippen LogP contribution in [0.25, 0.3) is 0 Å². The molecule has 1 atom stereocenters. The van der Waals surface area contributed by atoms with Crippen molar-refractivity contribution in [3.63, 3.8) is 0 Å². The molecule has 1 amide bonds. The molecule has 0 aliphatic carbocycles. The molecule has 0 spiro atoms. The molecule has 6 nitrogen and oxygen atoms in total. The van der Waals surface area contributed by atoms with Crippen LogP contribution in [0, 0.1) is 0 Å². The fourth-order valence-electron chi connectivity index (χ4n) is 1.28. The number of hydrogen-bond acceptors (Lipinski definition) is 4. The molecule has 0 aliphatic heterocycles. The van der Waals surface area contributed by atoms with E-state index in [0.29, 0.717) is 6.42 Å². The van der Waals surface area contributed by atoms with Crippen molar-refractivity contribution in [2.45, 2.75) is 25.8 Å². The lowest BCUT2D eigenvalue weighted by atomic mass is 10.2. The first-order valence-electron chi connectivity index (χ1n) is 5.05. The Bertz CT molecular complexity index is 348. The first kappa shape index (κ1) is 12.2. The number of rotatable bonds is 4. The second-order valence-corrected chi connectivity index (χ2v) is 3.28. The number of nitrogens with zero attached hydrogens (tertiary/aromatic N) is 2. The van der Waals surface area contributed by atoms with E-state index >= 15 is 0 Å². The Kier molecular flexibility index (Phi) is 4.50. The predicted molar refractivity (Wildman–Crippen MR) is 56.9 cm³/mol. The zero-order chi connectivity index (χ0) is 12.0. The van der Waals surface area contributed by atoms with Crippen LogP contribution in [0.15, 0.2) is 18.7 Å². The first-order chi connectivity index (χ1) is 7.69. The molecule has 1 heterocycles. The van der Waals surface area contributed by atoms with Crippen molar-refractivity contribution in [2.24, 2.45) is 0 Å². The van der Waals surface area contributed by atoms with Crippen molar-refractivity contribution in [1.82, 2.24) is 14.9 Å². The largest absolute Gasteiger partial charge is 0.467 e. The Morgan fingerprint density at radius 1 is 1.56 bits per heavy atom. The van der Waals surface area contributed by atoms with Gasteiger partial charge in [-0.3, -0.25) is 4.57 Å². The Labute approximate surface area is 93.6 Å². The topological polar surface area (TPSA) is 73.2 Å². The van der Waals surface area contributed by atoms with Gasteiger partial charge in [0.2, 0.25) is 0 Å². The van der Waals surface area contributed by atoms with Gasteiger partial charge in [0.05, 0.1) is 7.11 Å². The molecule has 0 unspecified atom stereocenters. The average molecular weight is 225 g/mol. The van der Waals surface area contributed by atoms with E-state index in [1.807, 2.05) is 6.92 Å². The van der Waals surface area contributed by atoms with Gasteiger partial charge in [0.25, 0.3) is 0 Å². The molecule has 16 heavy (non-hydrogen) atoms. The number of hydrogen-bond donors (Lipinski definition) is 1. The Balaban J connectivity index is 2.61. The number of carbonyl (C=O) groups is 2. The van der Waals surface area contributed by atoms with Crippen LogP contribution in [0.3, 0.4) is 0 Å². The summed E-state index contributed by atoms with van der Waals surface area (Å²) in [6.07, 6.45) is 5.70. The van der Waals surface area contributed by atoms with E-state index in [-0.39, 0.29) is 6.03 Å². The van der Waals surface area contributed by atoms with E-state index in [1.54, 1.807) is 0 Å². The highest BCUT2D eigenvalue weighted by Gasteiger charge is 2.20. The molecule has 0 aliphatic rings. The minimum atomic E-state index is -0.607. The van der Waals surface area contributed by atoms with Crippen molar-refractivity contribution < 1.29 is 14.3 Å². The van der Waals surface area contributed by atoms with Crippen LogP contribution in [0.1, 0.15) is 19.8 Å². The van der Waals surface area contributed by atoms with Gasteiger partial charge in [0.1, 0.15) is 12.4 Å². The minimum absolute atomic E-state index is 0.388. The highest BCUT2D eigenvalue weighted by Crippen LogP contribution is 2.00. The Morgan fingerprint density at radius 3 is 2.81 bits per heavy atom. The molecule has 88 valence electrons. The van der Waals surface area contributed by atoms with Crippen LogP contribution in [-0.2, 0) is 9.53 Å². The van der Waals surface area contributed by atoms with Gasteiger partial charge in [-0.15, -0.1) is 0 Å². The van der Waals surface area contributed by atoms with Gasteiger partial charge in [-0.1, -0.05) is 13.3 Å². The van der Waals surface area contributed by atoms with Crippen molar-refractivity contribution in [3.05, 3.63) is 18.7 Å². The zero-order valence-electron chi connectivity index (χ0n) is 9.34. The third-order valence-corrected chi connectivity index (χ3v) is 2.10. The highest BCUT2D eigenvalue weighted by molar-refractivity contribution is 5.84. The van der Waals surface area contributed by atoms with Gasteiger partial charge in [0.15, 0.2) is 0 Å². The molecule has 0 saturated heterocycles. The van der Waals surface area contributed by atoms with Crippen molar-refractivity contribution in [3.8, 4) is 0 Å². The van der Waals surface area contributed by atoms with Gasteiger partial charge < -0.3 is 10.1 Å². The zero-order valence-corrected chi connectivity index (χ0v) is 9.34. The van der Waals surface area contributed by atoms with Crippen LogP contribution in [0.4, 0.5) is 4.79 Å². The highest BCUT2D eigenvalue weighted by atomic mass is 16.5. The van der Waals surface area contributed by atoms with E-state index in [2.05, 4.69) is 15.0 Å². The predicted octanol–water partition coefficient (Wildman–Crippen LogP) is 0.782. The van der Waals surface area contributed by atoms with Gasteiger partial charge in [-0.2, -0.15) is 0 Å². The van der Waals surface area contributed by atoms with E-state index in [0.717, 1.165) is 6.42 Å². The van der Waals surface area contributed by atoms with Crippen molar-refractivity contribution >= 4 is 12.0 Å². The van der Waals surface area contributed by atoms with E-state index in [9.17, 15) is 9.59 Å². The Morgan fingerprint density at radius 2 is 2.31 bits per heavy atom. The number of ether oxygens (including phenoxy) is 1. The lowest BCUT2D eigenvalue weighted by molar-refractivity contribution is -0.143. The molecule has 0 fully saturated rings. The average Bonchev–Trinajstić information content (AvgIpc) is 2.80. The SMILES string of the molecule is CCC[C@H](NC(=O)n1ccnc1)C(=O)OC. The number of nitrogens with one attached hydrogen (secondary N) is 1. The second-order valence-electron chi connectivity index (χ2n) is 3.28. The lowest BCUT2D eigenvalue weighted by Gasteiger charge is -2.15. The summed E-state index contributed by atoms with van der Waals surface area (Å²) in [6, 6.07) is -0.994. The number of esters is 1. The lowest BCUT2D eigenvalue weighted by Crippen LogP contribution is -2.43. The molecule has 1 aromatic heterocycles. The Hall–Kier alpha value is -1.85. The van der Waals surface area contributed by atoms with E-state index < -0.39 is 12.0 Å². The third-order valence-electron chi connectivity index (χ3n) is 2.10. The quantitative estimate of drug-likeness (QED) is 0.768. The summed E-state index contributed by atoms with van der Waals surface area (Å²) >= 11 is 0. The molecule has 0 aromatic carbocycles. The molecule has 6 heteroatoms. The molecule has 1 rings (SSSR count). The van der Waals surface area contributed by atoms with Crippen molar-refractivity contribution in [1.29, 1.82) is 0 Å². The molecule has 0 bridgehead atoms. The molecular formula is C10H15N3O3. The summed E-state index contributed by atoms with van der Waals surface area (Å²) in [5, 5.41) is 2.58. The number of methoxy groups -OCH3 is 1. The number of aromatic nitrogens is 2. The van der Waals surface area contributed by atoms with Gasteiger partial charge >= 0.3 is 12.0 Å². The minimum Gasteiger partial charge on any atom is -0.467 e. The molecule has 0 radical (unpaired) electrons. The van der Waals surface area contributed by atoms with Gasteiger partial charge in [0, 0.05) is 12.4 Å². The maximum atomic E-state index is 11.6. The monoisotopic (exact) mass is 225 g/mol. The van der Waals surface area contributed by atoms with Gasteiger partial charge in [-0.25, -0.2) is 14.6 Å². The summed E-state index contributed by atoms with van der Waals surface area (Å²) in [5.74, 6) is -0.435. The van der Waals surface area contributed by atoms with Crippen LogP contribution >= 0.6 is 0 Å². The van der Waals surface area contributed by atoms with Crippen LogP contribution in [0.5, 0.6) is 0 Å². The number of carbonyl (C=O) groups excluding carboxylic acids is 2. The summed E-state index contributed by atoms with van der Waals surface area (Å²) in [7, 11) is 1.30. The van der Waals surface area contributed by atoms with Crippen LogP contribution in [-0.4, -0.2) is 34.7 Å². The second kappa shape index (κ2) is 5.89. The maximum Gasteiger partial charge on any atom is 0.328 e. The van der Waals surface area contributed by atoms with Crippen LogP contribution < -0.4 is 5.32 Å². The summed E-state index contributed by atoms with van der Waals surface area (Å²) < 4.78 is 5.87. The normalized spacial score (nSPS) is 11.9. The molecular weight excluding hydrogens is 210 g/mol. The molecule has 1 N–H and O–H groups in total. The first-order valence-corrected chi connectivity index (χ1v) is 5.05. The summed E-state index contributed by atoms with van der Waals surface area (Å²) in [5.41, 5.74) is 0. The van der Waals surface area contributed by atoms with Crippen LogP contribution in [0.2, 0.25) is 0 Å². The molecule has 0 saturated carbocycles. The van der Waals surface area contributed by atoms with Crippen molar-refractivity contribution in [2.75, 3.05) is 7.11 Å². The smallest absolute Gasteiger partial charge is 0.328 e. The fourth-order valence-corrected chi connectivity index (χ4v) is 1.28. The summed E-state index contributed by atoms with van der Waals surface area (Å²) in [4.78, 5) is 26.7. The maximum absolute atomic E-state index is 11.6. The van der Waals surface area contributed by atoms with E-state index in [4.69, 9.17) is 0 Å².